The number of nitrogens with one attached hydrogen (secondary N) is 1. The van der Waals surface area contributed by atoms with E-state index < -0.39 is 9.84 Å². The van der Waals surface area contributed by atoms with E-state index in [1.54, 1.807) is 0 Å². The average Bonchev–Trinajstić information content (AvgIpc) is 2.62. The molecular formula is C14H25N3O2S. The summed E-state index contributed by atoms with van der Waals surface area (Å²) in [5, 5.41) is 8.01. The summed E-state index contributed by atoms with van der Waals surface area (Å²) in [6.07, 6.45) is 1.70. The summed E-state index contributed by atoms with van der Waals surface area (Å²) < 4.78 is 25.4. The second-order valence-corrected chi connectivity index (χ2v) is 7.97. The van der Waals surface area contributed by atoms with Crippen LogP contribution >= 0.6 is 0 Å². The van der Waals surface area contributed by atoms with Gasteiger partial charge in [0, 0.05) is 29.9 Å². The highest BCUT2D eigenvalue weighted by atomic mass is 32.2. The maximum Gasteiger partial charge on any atom is 0.151 e. The van der Waals surface area contributed by atoms with Crippen LogP contribution in [0.5, 0.6) is 0 Å². The number of hydrogen-bond acceptors (Lipinski definition) is 4. The molecule has 1 fully saturated rings. The van der Waals surface area contributed by atoms with Gasteiger partial charge in [0.05, 0.1) is 17.2 Å². The van der Waals surface area contributed by atoms with Crippen molar-refractivity contribution in [2.75, 3.05) is 11.5 Å². The minimum atomic E-state index is -2.86. The van der Waals surface area contributed by atoms with Crippen molar-refractivity contribution in [1.29, 1.82) is 0 Å². The van der Waals surface area contributed by atoms with Crippen LogP contribution in [0.2, 0.25) is 0 Å². The Hall–Kier alpha value is -0.880. The van der Waals surface area contributed by atoms with Crippen molar-refractivity contribution < 1.29 is 8.42 Å². The van der Waals surface area contributed by atoms with Crippen LogP contribution in [0.1, 0.15) is 49.7 Å². The second-order valence-electron chi connectivity index (χ2n) is 5.74. The van der Waals surface area contributed by atoms with Crippen LogP contribution in [0.4, 0.5) is 0 Å². The van der Waals surface area contributed by atoms with Gasteiger partial charge in [-0.1, -0.05) is 0 Å². The van der Waals surface area contributed by atoms with Gasteiger partial charge >= 0.3 is 0 Å². The molecule has 0 bridgehead atoms. The molecule has 114 valence electrons. The van der Waals surface area contributed by atoms with Crippen LogP contribution in [0, 0.1) is 13.8 Å². The first kappa shape index (κ1) is 15.5. The topological polar surface area (TPSA) is 64.0 Å². The number of nitrogens with zero attached hydrogens (tertiary/aromatic N) is 2. The van der Waals surface area contributed by atoms with Crippen molar-refractivity contribution >= 4 is 9.84 Å². The zero-order valence-electron chi connectivity index (χ0n) is 12.8. The molecule has 2 atom stereocenters. The largest absolute Gasteiger partial charge is 0.306 e. The molecular weight excluding hydrogens is 274 g/mol. The number of aryl methyl sites for hydroxylation is 2. The van der Waals surface area contributed by atoms with Crippen LogP contribution in [0.3, 0.4) is 0 Å². The molecule has 6 heteroatoms. The highest BCUT2D eigenvalue weighted by molar-refractivity contribution is 7.91. The first-order valence-electron chi connectivity index (χ1n) is 7.34. The number of sulfone groups is 1. The summed E-state index contributed by atoms with van der Waals surface area (Å²) in [4.78, 5) is 0. The molecule has 1 saturated heterocycles. The maximum absolute atomic E-state index is 11.7. The van der Waals surface area contributed by atoms with E-state index in [0.29, 0.717) is 5.75 Å². The van der Waals surface area contributed by atoms with E-state index in [9.17, 15) is 8.42 Å². The first-order chi connectivity index (χ1) is 9.34. The number of hydrogen-bond donors (Lipinski definition) is 1. The molecule has 0 radical (unpaired) electrons. The molecule has 2 rings (SSSR count). The lowest BCUT2D eigenvalue weighted by Gasteiger charge is -2.27. The monoisotopic (exact) mass is 299 g/mol. The molecule has 1 aromatic heterocycles. The maximum atomic E-state index is 11.7. The minimum Gasteiger partial charge on any atom is -0.306 e. The smallest absolute Gasteiger partial charge is 0.151 e. The zero-order valence-corrected chi connectivity index (χ0v) is 13.6. The van der Waals surface area contributed by atoms with Crippen molar-refractivity contribution in [1.82, 2.24) is 15.1 Å². The summed E-state index contributed by atoms with van der Waals surface area (Å²) >= 11 is 0. The summed E-state index contributed by atoms with van der Waals surface area (Å²) in [6, 6.07) is 0.195. The third kappa shape index (κ3) is 3.23. The molecule has 1 aliphatic rings. The molecule has 1 N–H and O–H groups in total. The van der Waals surface area contributed by atoms with E-state index in [1.807, 2.05) is 11.6 Å². The molecule has 20 heavy (non-hydrogen) atoms. The highest BCUT2D eigenvalue weighted by Gasteiger charge is 2.27. The molecule has 2 heterocycles. The van der Waals surface area contributed by atoms with Crippen LogP contribution in [-0.4, -0.2) is 35.7 Å². The third-order valence-electron chi connectivity index (χ3n) is 4.12. The van der Waals surface area contributed by atoms with Crippen LogP contribution in [0.15, 0.2) is 0 Å². The van der Waals surface area contributed by atoms with Gasteiger partial charge in [0.2, 0.25) is 0 Å². The van der Waals surface area contributed by atoms with Gasteiger partial charge in [-0.3, -0.25) is 4.68 Å². The van der Waals surface area contributed by atoms with Crippen LogP contribution in [-0.2, 0) is 16.4 Å². The van der Waals surface area contributed by atoms with Crippen molar-refractivity contribution in [3.63, 3.8) is 0 Å². The lowest BCUT2D eigenvalue weighted by atomic mass is 10.0. The summed E-state index contributed by atoms with van der Waals surface area (Å²) in [6.45, 7) is 9.13. The molecule has 0 amide bonds. The molecule has 0 saturated carbocycles. The SMILES string of the molecule is CCn1nc(C)c(C(C)NC2CCCS(=O)(=O)C2)c1C. The summed E-state index contributed by atoms with van der Waals surface area (Å²) in [7, 11) is -2.86. The standard InChI is InChI=1S/C14H25N3O2S/c1-5-17-12(4)14(11(3)16-17)10(2)15-13-7-6-8-20(18,19)9-13/h10,13,15H,5-9H2,1-4H3. The van der Waals surface area contributed by atoms with Gasteiger partial charge in [-0.2, -0.15) is 5.10 Å². The van der Waals surface area contributed by atoms with Crippen LogP contribution in [0.25, 0.3) is 0 Å². The molecule has 5 nitrogen and oxygen atoms in total. The van der Waals surface area contributed by atoms with Crippen LogP contribution < -0.4 is 5.32 Å². The Morgan fingerprint density at radius 3 is 2.70 bits per heavy atom. The fourth-order valence-corrected chi connectivity index (χ4v) is 4.89. The Kier molecular flexibility index (Phi) is 4.54. The average molecular weight is 299 g/mol. The lowest BCUT2D eigenvalue weighted by Crippen LogP contribution is -2.41. The molecule has 0 aliphatic carbocycles. The van der Waals surface area contributed by atoms with Gasteiger partial charge in [0.25, 0.3) is 0 Å². The molecule has 1 aromatic rings. The number of rotatable bonds is 4. The lowest BCUT2D eigenvalue weighted by molar-refractivity contribution is 0.435. The Morgan fingerprint density at radius 1 is 1.45 bits per heavy atom. The quantitative estimate of drug-likeness (QED) is 0.920. The first-order valence-corrected chi connectivity index (χ1v) is 9.16. The Labute approximate surface area is 121 Å². The van der Waals surface area contributed by atoms with E-state index in [1.165, 1.54) is 11.3 Å². The Balaban J connectivity index is 2.12. The third-order valence-corrected chi connectivity index (χ3v) is 5.94. The number of aromatic nitrogens is 2. The van der Waals surface area contributed by atoms with Crippen molar-refractivity contribution in [2.24, 2.45) is 0 Å². The fraction of sp³-hybridized carbons (Fsp3) is 0.786. The van der Waals surface area contributed by atoms with Crippen molar-refractivity contribution in [3.05, 3.63) is 17.0 Å². The molecule has 0 spiro atoms. The van der Waals surface area contributed by atoms with Gasteiger partial charge in [0.1, 0.15) is 0 Å². The van der Waals surface area contributed by atoms with Gasteiger partial charge < -0.3 is 5.32 Å². The molecule has 2 unspecified atom stereocenters. The Bertz CT molecular complexity index is 577. The highest BCUT2D eigenvalue weighted by Crippen LogP contribution is 2.23. The molecule has 1 aliphatic heterocycles. The summed E-state index contributed by atoms with van der Waals surface area (Å²) in [5.41, 5.74) is 3.40. The van der Waals surface area contributed by atoms with Gasteiger partial charge in [-0.25, -0.2) is 8.42 Å². The van der Waals surface area contributed by atoms with E-state index >= 15 is 0 Å². The normalized spacial score (nSPS) is 23.7. The minimum absolute atomic E-state index is 0.0625. The van der Waals surface area contributed by atoms with Gasteiger partial charge in [-0.05, 0) is 40.5 Å². The van der Waals surface area contributed by atoms with Gasteiger partial charge in [0.15, 0.2) is 9.84 Å². The van der Waals surface area contributed by atoms with Gasteiger partial charge in [-0.15, -0.1) is 0 Å². The fourth-order valence-electron chi connectivity index (χ4n) is 3.24. The zero-order chi connectivity index (χ0) is 14.9. The van der Waals surface area contributed by atoms with Crippen molar-refractivity contribution in [2.45, 2.75) is 59.2 Å². The predicted octanol–water partition coefficient (Wildman–Crippen LogP) is 1.75. The summed E-state index contributed by atoms with van der Waals surface area (Å²) in [5.74, 6) is 0.600. The van der Waals surface area contributed by atoms with Crippen molar-refractivity contribution in [3.8, 4) is 0 Å². The van der Waals surface area contributed by atoms with E-state index in [2.05, 4.69) is 31.2 Å². The van der Waals surface area contributed by atoms with E-state index in [4.69, 9.17) is 0 Å². The molecule has 0 aromatic carbocycles. The Morgan fingerprint density at radius 2 is 2.15 bits per heavy atom. The second kappa shape index (κ2) is 5.85. The van der Waals surface area contributed by atoms with E-state index in [0.717, 1.165) is 25.1 Å². The van der Waals surface area contributed by atoms with E-state index in [-0.39, 0.29) is 17.8 Å². The predicted molar refractivity (Wildman–Crippen MR) is 80.6 cm³/mol.